The molecule has 0 spiro atoms. The minimum absolute atomic E-state index is 0.200. The van der Waals surface area contributed by atoms with E-state index < -0.39 is 23.4 Å². The van der Waals surface area contributed by atoms with Crippen LogP contribution < -0.4 is 10.6 Å². The summed E-state index contributed by atoms with van der Waals surface area (Å²) in [4.78, 5) is 37.6. The molecule has 0 saturated carbocycles. The molecule has 1 aromatic rings. The maximum Gasteiger partial charge on any atom is 0.325 e. The first-order valence-electron chi connectivity index (χ1n) is 7.36. The molecule has 0 aliphatic carbocycles. The first-order chi connectivity index (χ1) is 10.9. The Hall–Kier alpha value is -2.41. The van der Waals surface area contributed by atoms with Crippen molar-refractivity contribution in [2.45, 2.75) is 25.4 Å². The fourth-order valence-electron chi connectivity index (χ4n) is 2.56. The molecule has 1 aromatic carbocycles. The van der Waals surface area contributed by atoms with E-state index in [4.69, 9.17) is 4.74 Å². The number of imide groups is 1. The summed E-state index contributed by atoms with van der Waals surface area (Å²) in [6.07, 6.45) is 0. The lowest BCUT2D eigenvalue weighted by molar-refractivity contribution is -0.135. The van der Waals surface area contributed by atoms with Crippen molar-refractivity contribution < 1.29 is 19.1 Å². The SMILES string of the molecule is COC[C@@H](C)NC(=O)CN1C(=O)N[C@@](C)(c2ccccc2)C1=O. The molecular weight excluding hydrogens is 298 g/mol. The molecule has 0 bridgehead atoms. The summed E-state index contributed by atoms with van der Waals surface area (Å²) in [5.41, 5.74) is -0.481. The maximum atomic E-state index is 12.6. The average Bonchev–Trinajstić information content (AvgIpc) is 2.73. The van der Waals surface area contributed by atoms with Crippen LogP contribution in [0.3, 0.4) is 0 Å². The van der Waals surface area contributed by atoms with E-state index >= 15 is 0 Å². The van der Waals surface area contributed by atoms with Gasteiger partial charge in [-0.2, -0.15) is 0 Å². The van der Waals surface area contributed by atoms with Gasteiger partial charge < -0.3 is 15.4 Å². The summed E-state index contributed by atoms with van der Waals surface area (Å²) in [6.45, 7) is 3.45. The third-order valence-electron chi connectivity index (χ3n) is 3.75. The first-order valence-corrected chi connectivity index (χ1v) is 7.36. The van der Waals surface area contributed by atoms with Crippen LogP contribution in [0.15, 0.2) is 30.3 Å². The van der Waals surface area contributed by atoms with Crippen LogP contribution >= 0.6 is 0 Å². The molecule has 7 heteroatoms. The van der Waals surface area contributed by atoms with Crippen molar-refractivity contribution in [3.8, 4) is 0 Å². The number of amides is 4. The lowest BCUT2D eigenvalue weighted by atomic mass is 9.92. The van der Waals surface area contributed by atoms with Gasteiger partial charge in [0.15, 0.2) is 0 Å². The molecule has 23 heavy (non-hydrogen) atoms. The lowest BCUT2D eigenvalue weighted by Gasteiger charge is -2.22. The van der Waals surface area contributed by atoms with E-state index in [0.29, 0.717) is 12.2 Å². The molecule has 1 aliphatic rings. The highest BCUT2D eigenvalue weighted by molar-refractivity contribution is 6.09. The Morgan fingerprint density at radius 1 is 1.35 bits per heavy atom. The second kappa shape index (κ2) is 6.78. The fourth-order valence-corrected chi connectivity index (χ4v) is 2.56. The number of carbonyl (C=O) groups excluding carboxylic acids is 3. The highest BCUT2D eigenvalue weighted by atomic mass is 16.5. The number of benzene rings is 1. The van der Waals surface area contributed by atoms with Crippen molar-refractivity contribution in [2.75, 3.05) is 20.3 Å². The van der Waals surface area contributed by atoms with Gasteiger partial charge in [-0.1, -0.05) is 30.3 Å². The van der Waals surface area contributed by atoms with E-state index in [1.54, 1.807) is 38.1 Å². The standard InChI is InChI=1S/C16H21N3O4/c1-11(10-23-3)17-13(20)9-19-14(21)16(2,18-15(19)22)12-7-5-4-6-8-12/h4-8,11H,9-10H2,1-3H3,(H,17,20)(H,18,22)/t11-,16+/m1/s1. The van der Waals surface area contributed by atoms with Gasteiger partial charge in [0.25, 0.3) is 5.91 Å². The molecule has 1 fully saturated rings. The largest absolute Gasteiger partial charge is 0.383 e. The molecule has 7 nitrogen and oxygen atoms in total. The first kappa shape index (κ1) is 17.0. The summed E-state index contributed by atoms with van der Waals surface area (Å²) in [5.74, 6) is -0.849. The summed E-state index contributed by atoms with van der Waals surface area (Å²) >= 11 is 0. The number of hydrogen-bond donors (Lipinski definition) is 2. The number of urea groups is 1. The number of rotatable bonds is 6. The van der Waals surface area contributed by atoms with Gasteiger partial charge in [0.2, 0.25) is 5.91 Å². The second-order valence-electron chi connectivity index (χ2n) is 5.74. The highest BCUT2D eigenvalue weighted by Gasteiger charge is 2.49. The van der Waals surface area contributed by atoms with Crippen LogP contribution in [0.4, 0.5) is 4.79 Å². The molecule has 0 aromatic heterocycles. The summed E-state index contributed by atoms with van der Waals surface area (Å²) in [6, 6.07) is 8.18. The summed E-state index contributed by atoms with van der Waals surface area (Å²) < 4.78 is 4.93. The van der Waals surface area contributed by atoms with E-state index in [-0.39, 0.29) is 12.6 Å². The number of carbonyl (C=O) groups is 3. The highest BCUT2D eigenvalue weighted by Crippen LogP contribution is 2.28. The van der Waals surface area contributed by atoms with Crippen molar-refractivity contribution in [3.63, 3.8) is 0 Å². The normalized spacial score (nSPS) is 22.0. The minimum Gasteiger partial charge on any atom is -0.383 e. The zero-order valence-electron chi connectivity index (χ0n) is 13.5. The predicted molar refractivity (Wildman–Crippen MR) is 83.5 cm³/mol. The second-order valence-corrected chi connectivity index (χ2v) is 5.74. The molecule has 2 N–H and O–H groups in total. The van der Waals surface area contributed by atoms with E-state index in [1.807, 2.05) is 6.07 Å². The third-order valence-corrected chi connectivity index (χ3v) is 3.75. The summed E-state index contributed by atoms with van der Waals surface area (Å²) in [7, 11) is 1.53. The van der Waals surface area contributed by atoms with Crippen LogP contribution in [0.2, 0.25) is 0 Å². The van der Waals surface area contributed by atoms with Gasteiger partial charge >= 0.3 is 6.03 Å². The Labute approximate surface area is 135 Å². The van der Waals surface area contributed by atoms with Crippen LogP contribution in [0.25, 0.3) is 0 Å². The molecule has 0 radical (unpaired) electrons. The molecule has 1 saturated heterocycles. The van der Waals surface area contributed by atoms with Gasteiger partial charge in [-0.15, -0.1) is 0 Å². The lowest BCUT2D eigenvalue weighted by Crippen LogP contribution is -2.45. The number of nitrogens with one attached hydrogen (secondary N) is 2. The number of ether oxygens (including phenoxy) is 1. The van der Waals surface area contributed by atoms with Crippen molar-refractivity contribution in [1.82, 2.24) is 15.5 Å². The molecule has 1 heterocycles. The Bertz CT molecular complexity index is 605. The zero-order chi connectivity index (χ0) is 17.0. The van der Waals surface area contributed by atoms with E-state index in [9.17, 15) is 14.4 Å². The Morgan fingerprint density at radius 2 is 2.00 bits per heavy atom. The molecule has 2 rings (SSSR count). The molecule has 2 atom stereocenters. The van der Waals surface area contributed by atoms with E-state index in [0.717, 1.165) is 4.90 Å². The Kier molecular flexibility index (Phi) is 5.00. The average molecular weight is 319 g/mol. The molecule has 124 valence electrons. The van der Waals surface area contributed by atoms with Crippen LogP contribution in [-0.4, -0.2) is 49.0 Å². The molecular formula is C16H21N3O4. The number of methoxy groups -OCH3 is 1. The third kappa shape index (κ3) is 3.50. The van der Waals surface area contributed by atoms with Gasteiger partial charge in [-0.25, -0.2) is 4.79 Å². The maximum absolute atomic E-state index is 12.6. The number of hydrogen-bond acceptors (Lipinski definition) is 4. The monoisotopic (exact) mass is 319 g/mol. The van der Waals surface area contributed by atoms with Crippen molar-refractivity contribution in [3.05, 3.63) is 35.9 Å². The summed E-state index contributed by atoms with van der Waals surface area (Å²) in [5, 5.41) is 5.34. The zero-order valence-corrected chi connectivity index (χ0v) is 13.5. The van der Waals surface area contributed by atoms with Gasteiger partial charge in [0, 0.05) is 13.2 Å². The smallest absolute Gasteiger partial charge is 0.325 e. The number of nitrogens with zero attached hydrogens (tertiary/aromatic N) is 1. The molecule has 1 aliphatic heterocycles. The Balaban J connectivity index is 2.09. The topological polar surface area (TPSA) is 87.7 Å². The Morgan fingerprint density at radius 3 is 2.61 bits per heavy atom. The fraction of sp³-hybridized carbons (Fsp3) is 0.438. The van der Waals surface area contributed by atoms with Gasteiger partial charge in [-0.3, -0.25) is 14.5 Å². The predicted octanol–water partition coefficient (Wildman–Crippen LogP) is 0.605. The van der Waals surface area contributed by atoms with Crippen molar-refractivity contribution >= 4 is 17.8 Å². The van der Waals surface area contributed by atoms with Crippen molar-refractivity contribution in [1.29, 1.82) is 0 Å². The van der Waals surface area contributed by atoms with Crippen molar-refractivity contribution in [2.24, 2.45) is 0 Å². The van der Waals surface area contributed by atoms with Crippen LogP contribution in [-0.2, 0) is 19.9 Å². The van der Waals surface area contributed by atoms with Crippen LogP contribution in [0.5, 0.6) is 0 Å². The van der Waals surface area contributed by atoms with Gasteiger partial charge in [0.05, 0.1) is 6.61 Å². The van der Waals surface area contributed by atoms with Gasteiger partial charge in [-0.05, 0) is 19.4 Å². The minimum atomic E-state index is -1.16. The van der Waals surface area contributed by atoms with E-state index in [2.05, 4.69) is 10.6 Å². The quantitative estimate of drug-likeness (QED) is 0.752. The van der Waals surface area contributed by atoms with E-state index in [1.165, 1.54) is 7.11 Å². The van der Waals surface area contributed by atoms with Crippen LogP contribution in [0, 0.1) is 0 Å². The molecule has 4 amide bonds. The van der Waals surface area contributed by atoms with Crippen LogP contribution in [0.1, 0.15) is 19.4 Å². The molecule has 0 unspecified atom stereocenters. The van der Waals surface area contributed by atoms with Gasteiger partial charge in [0.1, 0.15) is 12.1 Å².